The zero-order valence-electron chi connectivity index (χ0n) is 16.2. The summed E-state index contributed by atoms with van der Waals surface area (Å²) in [6.45, 7) is 9.67. The van der Waals surface area contributed by atoms with Crippen LogP contribution in [0.2, 0.25) is 0 Å². The van der Waals surface area contributed by atoms with Crippen LogP contribution in [0.1, 0.15) is 25.6 Å². The maximum atomic E-state index is 14.1. The number of hydrogen-bond acceptors (Lipinski definition) is 5. The third-order valence-electron chi connectivity index (χ3n) is 5.59. The van der Waals surface area contributed by atoms with E-state index in [4.69, 9.17) is 0 Å². The molecule has 0 bridgehead atoms. The Balaban J connectivity index is 1.47. The molecule has 3 heterocycles. The molecule has 144 valence electrons. The number of piperidine rings is 1. The molecular weight excluding hydrogens is 341 g/mol. The first-order chi connectivity index (χ1) is 13.1. The number of piperazine rings is 1. The summed E-state index contributed by atoms with van der Waals surface area (Å²) >= 11 is 0. The van der Waals surface area contributed by atoms with E-state index in [1.807, 2.05) is 19.1 Å². The second kappa shape index (κ2) is 7.71. The highest BCUT2D eigenvalue weighted by atomic mass is 19.1. The van der Waals surface area contributed by atoms with Gasteiger partial charge in [0.25, 0.3) is 0 Å². The monoisotopic (exact) mass is 369 g/mol. The lowest BCUT2D eigenvalue weighted by molar-refractivity contribution is 0.444. The summed E-state index contributed by atoms with van der Waals surface area (Å²) in [7, 11) is 0. The molecule has 2 aliphatic rings. The summed E-state index contributed by atoms with van der Waals surface area (Å²) in [5.41, 5.74) is 0.694. The van der Waals surface area contributed by atoms with Crippen molar-refractivity contribution in [2.24, 2.45) is 5.92 Å². The normalized spacial score (nSPS) is 20.9. The zero-order valence-corrected chi connectivity index (χ0v) is 16.2. The van der Waals surface area contributed by atoms with Crippen molar-refractivity contribution in [3.63, 3.8) is 0 Å². The molecule has 2 fully saturated rings. The fourth-order valence-corrected chi connectivity index (χ4v) is 4.14. The van der Waals surface area contributed by atoms with Gasteiger partial charge in [-0.3, -0.25) is 0 Å². The Bertz CT molecular complexity index is 788. The Hall–Kier alpha value is -2.37. The van der Waals surface area contributed by atoms with Crippen LogP contribution in [0.4, 0.5) is 21.7 Å². The Kier molecular flexibility index (Phi) is 5.14. The lowest BCUT2D eigenvalue weighted by Gasteiger charge is -2.37. The van der Waals surface area contributed by atoms with E-state index in [0.29, 0.717) is 11.6 Å². The van der Waals surface area contributed by atoms with Crippen molar-refractivity contribution >= 4 is 17.3 Å². The highest BCUT2D eigenvalue weighted by Gasteiger charge is 2.23. The SMILES string of the molecule is Cc1nc(N2CCN(c3ccccc3F)CC2)cc(N2CCCC(C)C2)n1. The molecular formula is C21H28FN5. The van der Waals surface area contributed by atoms with E-state index in [-0.39, 0.29) is 5.82 Å². The van der Waals surface area contributed by atoms with Gasteiger partial charge in [0.05, 0.1) is 5.69 Å². The lowest BCUT2D eigenvalue weighted by atomic mass is 10.0. The lowest BCUT2D eigenvalue weighted by Crippen LogP contribution is -2.47. The zero-order chi connectivity index (χ0) is 18.8. The number of anilines is 3. The summed E-state index contributed by atoms with van der Waals surface area (Å²) in [4.78, 5) is 16.2. The summed E-state index contributed by atoms with van der Waals surface area (Å²) in [6.07, 6.45) is 2.52. The predicted octanol–water partition coefficient (Wildman–Crippen LogP) is 3.49. The molecule has 2 aromatic rings. The number of hydrogen-bond donors (Lipinski definition) is 0. The number of halogens is 1. The first-order valence-electron chi connectivity index (χ1n) is 9.95. The maximum absolute atomic E-state index is 14.1. The minimum atomic E-state index is -0.148. The molecule has 1 atom stereocenters. The van der Waals surface area contributed by atoms with E-state index in [0.717, 1.165) is 56.7 Å². The molecule has 1 aromatic heterocycles. The summed E-state index contributed by atoms with van der Waals surface area (Å²) in [5.74, 6) is 3.41. The molecule has 0 N–H and O–H groups in total. The van der Waals surface area contributed by atoms with Gasteiger partial charge in [0, 0.05) is 45.3 Å². The average Bonchev–Trinajstić information content (AvgIpc) is 2.68. The number of para-hydroxylation sites is 1. The van der Waals surface area contributed by atoms with Crippen LogP contribution < -0.4 is 14.7 Å². The quantitative estimate of drug-likeness (QED) is 0.828. The third kappa shape index (κ3) is 3.99. The van der Waals surface area contributed by atoms with E-state index in [9.17, 15) is 4.39 Å². The predicted molar refractivity (Wildman–Crippen MR) is 108 cm³/mol. The molecule has 0 aliphatic carbocycles. The second-order valence-electron chi connectivity index (χ2n) is 7.75. The van der Waals surface area contributed by atoms with E-state index >= 15 is 0 Å². The van der Waals surface area contributed by atoms with Crippen LogP contribution in [0, 0.1) is 18.7 Å². The molecule has 6 heteroatoms. The molecule has 1 aromatic carbocycles. The van der Waals surface area contributed by atoms with Gasteiger partial charge in [0.15, 0.2) is 0 Å². The van der Waals surface area contributed by atoms with Gasteiger partial charge in [-0.25, -0.2) is 14.4 Å². The van der Waals surface area contributed by atoms with Crippen LogP contribution in [0.15, 0.2) is 30.3 Å². The van der Waals surface area contributed by atoms with Gasteiger partial charge in [0.2, 0.25) is 0 Å². The highest BCUT2D eigenvalue weighted by Crippen LogP contribution is 2.26. The van der Waals surface area contributed by atoms with Crippen LogP contribution in [-0.2, 0) is 0 Å². The maximum Gasteiger partial charge on any atom is 0.146 e. The first kappa shape index (κ1) is 18.0. The minimum Gasteiger partial charge on any atom is -0.366 e. The van der Waals surface area contributed by atoms with Crippen LogP contribution in [-0.4, -0.2) is 49.2 Å². The van der Waals surface area contributed by atoms with E-state index in [1.54, 1.807) is 6.07 Å². The fourth-order valence-electron chi connectivity index (χ4n) is 4.14. The van der Waals surface area contributed by atoms with E-state index < -0.39 is 0 Å². The number of benzene rings is 1. The van der Waals surface area contributed by atoms with Crippen molar-refractivity contribution in [1.29, 1.82) is 0 Å². The molecule has 4 rings (SSSR count). The van der Waals surface area contributed by atoms with Crippen molar-refractivity contribution in [2.45, 2.75) is 26.7 Å². The Morgan fingerprint density at radius 3 is 2.30 bits per heavy atom. The largest absolute Gasteiger partial charge is 0.366 e. The molecule has 2 saturated heterocycles. The highest BCUT2D eigenvalue weighted by molar-refractivity contribution is 5.54. The fraction of sp³-hybridized carbons (Fsp3) is 0.524. The topological polar surface area (TPSA) is 35.5 Å². The van der Waals surface area contributed by atoms with E-state index in [2.05, 4.69) is 37.7 Å². The molecule has 2 aliphatic heterocycles. The number of aryl methyl sites for hydroxylation is 1. The molecule has 27 heavy (non-hydrogen) atoms. The number of aromatic nitrogens is 2. The van der Waals surface area contributed by atoms with Gasteiger partial charge >= 0.3 is 0 Å². The number of rotatable bonds is 3. The smallest absolute Gasteiger partial charge is 0.146 e. The molecule has 1 unspecified atom stereocenters. The van der Waals surface area contributed by atoms with Crippen molar-refractivity contribution < 1.29 is 4.39 Å². The van der Waals surface area contributed by atoms with E-state index in [1.165, 1.54) is 18.9 Å². The van der Waals surface area contributed by atoms with Gasteiger partial charge in [0.1, 0.15) is 23.3 Å². The van der Waals surface area contributed by atoms with Gasteiger partial charge in [-0.15, -0.1) is 0 Å². The molecule has 0 amide bonds. The van der Waals surface area contributed by atoms with Gasteiger partial charge in [-0.1, -0.05) is 19.1 Å². The first-order valence-corrected chi connectivity index (χ1v) is 9.95. The van der Waals surface area contributed by atoms with Crippen LogP contribution in [0.3, 0.4) is 0 Å². The standard InChI is InChI=1S/C21H28FN5/c1-16-6-5-9-27(15-16)21-14-20(23-17(2)24-21)26-12-10-25(11-13-26)19-8-4-3-7-18(19)22/h3-4,7-8,14,16H,5-6,9-13,15H2,1-2H3. The van der Waals surface area contributed by atoms with Crippen molar-refractivity contribution in [2.75, 3.05) is 54.0 Å². The Labute approximate surface area is 160 Å². The summed E-state index contributed by atoms with van der Waals surface area (Å²) in [6, 6.07) is 9.15. The molecule has 0 radical (unpaired) electrons. The molecule has 0 spiro atoms. The van der Waals surface area contributed by atoms with Crippen LogP contribution in [0.5, 0.6) is 0 Å². The van der Waals surface area contributed by atoms with Gasteiger partial charge in [-0.2, -0.15) is 0 Å². The van der Waals surface area contributed by atoms with Crippen molar-refractivity contribution in [3.05, 3.63) is 42.0 Å². The molecule has 5 nitrogen and oxygen atoms in total. The van der Waals surface area contributed by atoms with Crippen molar-refractivity contribution in [1.82, 2.24) is 9.97 Å². The Morgan fingerprint density at radius 1 is 0.926 bits per heavy atom. The van der Waals surface area contributed by atoms with Gasteiger partial charge in [-0.05, 0) is 37.8 Å². The Morgan fingerprint density at radius 2 is 1.59 bits per heavy atom. The second-order valence-corrected chi connectivity index (χ2v) is 7.75. The average molecular weight is 369 g/mol. The number of nitrogens with zero attached hydrogens (tertiary/aromatic N) is 5. The van der Waals surface area contributed by atoms with Crippen molar-refractivity contribution in [3.8, 4) is 0 Å². The minimum absolute atomic E-state index is 0.148. The summed E-state index contributed by atoms with van der Waals surface area (Å²) < 4.78 is 14.1. The molecule has 0 saturated carbocycles. The third-order valence-corrected chi connectivity index (χ3v) is 5.59. The van der Waals surface area contributed by atoms with Gasteiger partial charge < -0.3 is 14.7 Å². The summed E-state index contributed by atoms with van der Waals surface area (Å²) in [5, 5.41) is 0. The van der Waals surface area contributed by atoms with Crippen LogP contribution >= 0.6 is 0 Å². The van der Waals surface area contributed by atoms with Crippen LogP contribution in [0.25, 0.3) is 0 Å².